The third kappa shape index (κ3) is 8.87. The van der Waals surface area contributed by atoms with Crippen molar-refractivity contribution in [2.75, 3.05) is 53.2 Å². The number of nitrogens with one attached hydrogen (secondary N) is 1. The van der Waals surface area contributed by atoms with Crippen LogP contribution in [-0.2, 0) is 20.7 Å². The average Bonchev–Trinajstić information content (AvgIpc) is 2.93. The molecule has 2 aromatic rings. The van der Waals surface area contributed by atoms with Crippen molar-refractivity contribution in [2.24, 2.45) is 10.7 Å². The van der Waals surface area contributed by atoms with Gasteiger partial charge in [-0.25, -0.2) is 0 Å². The standard InChI is InChI=1S/C28H38N4O5/c1-3-13-30-28(29)31-26(33)12-6-21-5-11-24(25(20-21)37-17-4-16-35-2)22-7-9-23(10-8-22)27(34)32-14-18-36-19-15-32/h5,7-11,20H,3-4,6,12-19H2,1-2H3,(H3,29,30,31,33). The summed E-state index contributed by atoms with van der Waals surface area (Å²) >= 11 is 0. The lowest BCUT2D eigenvalue weighted by Gasteiger charge is -2.26. The number of benzene rings is 2. The molecule has 3 N–H and O–H groups in total. The molecule has 1 saturated heterocycles. The summed E-state index contributed by atoms with van der Waals surface area (Å²) in [5.41, 5.74) is 9.25. The Labute approximate surface area is 219 Å². The second-order valence-electron chi connectivity index (χ2n) is 8.82. The fourth-order valence-electron chi connectivity index (χ4n) is 3.94. The zero-order valence-corrected chi connectivity index (χ0v) is 21.8. The normalized spacial score (nSPS) is 13.9. The van der Waals surface area contributed by atoms with Crippen molar-refractivity contribution in [3.63, 3.8) is 0 Å². The van der Waals surface area contributed by atoms with Crippen LogP contribution in [-0.4, -0.2) is 75.8 Å². The van der Waals surface area contributed by atoms with Crippen LogP contribution in [0.5, 0.6) is 5.75 Å². The molecule has 9 heteroatoms. The summed E-state index contributed by atoms with van der Waals surface area (Å²) in [5.74, 6) is 0.717. The Balaban J connectivity index is 1.71. The lowest BCUT2D eigenvalue weighted by molar-refractivity contribution is -0.119. The highest BCUT2D eigenvalue weighted by Crippen LogP contribution is 2.32. The van der Waals surface area contributed by atoms with E-state index in [1.807, 2.05) is 54.3 Å². The van der Waals surface area contributed by atoms with Gasteiger partial charge in [-0.15, -0.1) is 0 Å². The van der Waals surface area contributed by atoms with E-state index in [0.29, 0.717) is 58.0 Å². The average molecular weight is 511 g/mol. The van der Waals surface area contributed by atoms with E-state index in [9.17, 15) is 9.59 Å². The summed E-state index contributed by atoms with van der Waals surface area (Å²) in [5, 5.41) is 2.63. The van der Waals surface area contributed by atoms with E-state index in [2.05, 4.69) is 10.3 Å². The summed E-state index contributed by atoms with van der Waals surface area (Å²) in [7, 11) is 1.66. The van der Waals surface area contributed by atoms with Crippen molar-refractivity contribution in [3.05, 3.63) is 53.6 Å². The van der Waals surface area contributed by atoms with E-state index in [0.717, 1.165) is 35.3 Å². The second-order valence-corrected chi connectivity index (χ2v) is 8.82. The summed E-state index contributed by atoms with van der Waals surface area (Å²) in [6.45, 7) is 6.05. The van der Waals surface area contributed by atoms with E-state index >= 15 is 0 Å². The van der Waals surface area contributed by atoms with Crippen molar-refractivity contribution >= 4 is 17.8 Å². The molecule has 1 fully saturated rings. The number of morpholine rings is 1. The molecule has 0 aliphatic carbocycles. The van der Waals surface area contributed by atoms with Gasteiger partial charge in [-0.1, -0.05) is 31.2 Å². The first-order valence-corrected chi connectivity index (χ1v) is 12.8. The minimum absolute atomic E-state index is 0.0138. The predicted octanol–water partition coefficient (Wildman–Crippen LogP) is 3.01. The van der Waals surface area contributed by atoms with Crippen LogP contribution in [0.2, 0.25) is 0 Å². The van der Waals surface area contributed by atoms with E-state index in [1.165, 1.54) is 0 Å². The second kappa shape index (κ2) is 15.0. The zero-order chi connectivity index (χ0) is 26.5. The van der Waals surface area contributed by atoms with Crippen molar-refractivity contribution in [1.29, 1.82) is 0 Å². The molecule has 1 heterocycles. The molecule has 0 saturated carbocycles. The molecule has 2 amide bonds. The maximum absolute atomic E-state index is 12.8. The molecule has 2 aromatic carbocycles. The number of hydrogen-bond acceptors (Lipinski definition) is 6. The SMILES string of the molecule is CCCN=C(N)NC(=O)CCc1ccc(-c2ccc(C(=O)N3CCOCC3)cc2)c(OCCCOC)c1. The third-order valence-electron chi connectivity index (χ3n) is 5.95. The van der Waals surface area contributed by atoms with Crippen LogP contribution < -0.4 is 15.8 Å². The van der Waals surface area contributed by atoms with Crippen LogP contribution in [0.25, 0.3) is 11.1 Å². The molecule has 1 aliphatic rings. The van der Waals surface area contributed by atoms with Crippen molar-refractivity contribution in [2.45, 2.75) is 32.6 Å². The molecule has 0 unspecified atom stereocenters. The zero-order valence-electron chi connectivity index (χ0n) is 21.8. The third-order valence-corrected chi connectivity index (χ3v) is 5.95. The maximum atomic E-state index is 12.8. The maximum Gasteiger partial charge on any atom is 0.254 e. The monoisotopic (exact) mass is 510 g/mol. The first-order chi connectivity index (χ1) is 18.0. The number of nitrogens with zero attached hydrogens (tertiary/aromatic N) is 2. The largest absolute Gasteiger partial charge is 0.493 e. The van der Waals surface area contributed by atoms with Gasteiger partial charge < -0.3 is 24.8 Å². The highest BCUT2D eigenvalue weighted by atomic mass is 16.5. The lowest BCUT2D eigenvalue weighted by atomic mass is 9.99. The van der Waals surface area contributed by atoms with E-state index in [-0.39, 0.29) is 24.2 Å². The molecule has 0 atom stereocenters. The molecular formula is C28H38N4O5. The number of aryl methyl sites for hydroxylation is 1. The minimum Gasteiger partial charge on any atom is -0.493 e. The number of ether oxygens (including phenoxy) is 3. The topological polar surface area (TPSA) is 115 Å². The lowest BCUT2D eigenvalue weighted by Crippen LogP contribution is -2.40. The van der Waals surface area contributed by atoms with Gasteiger partial charge in [0, 0.05) is 57.3 Å². The van der Waals surface area contributed by atoms with Crippen molar-refractivity contribution in [3.8, 4) is 16.9 Å². The quantitative estimate of drug-likeness (QED) is 0.258. The van der Waals surface area contributed by atoms with Crippen LogP contribution in [0.15, 0.2) is 47.5 Å². The van der Waals surface area contributed by atoms with Gasteiger partial charge in [-0.2, -0.15) is 0 Å². The number of rotatable bonds is 12. The Bertz CT molecular complexity index is 1050. The molecule has 0 spiro atoms. The Morgan fingerprint density at radius 1 is 1.11 bits per heavy atom. The smallest absolute Gasteiger partial charge is 0.254 e. The van der Waals surface area contributed by atoms with Gasteiger partial charge in [-0.3, -0.25) is 19.9 Å². The number of carbonyl (C=O) groups is 2. The van der Waals surface area contributed by atoms with Gasteiger partial charge in [0.2, 0.25) is 5.91 Å². The van der Waals surface area contributed by atoms with Gasteiger partial charge in [0.05, 0.1) is 19.8 Å². The molecule has 0 aromatic heterocycles. The summed E-state index contributed by atoms with van der Waals surface area (Å²) < 4.78 is 16.6. The molecule has 0 radical (unpaired) electrons. The van der Waals surface area contributed by atoms with E-state index < -0.39 is 0 Å². The number of nitrogens with two attached hydrogens (primary N) is 1. The number of amides is 2. The number of hydrogen-bond donors (Lipinski definition) is 2. The molecule has 0 bridgehead atoms. The Hall–Kier alpha value is -3.43. The number of aliphatic imine (C=N–C) groups is 1. The van der Waals surface area contributed by atoms with Crippen LogP contribution in [0.1, 0.15) is 42.1 Å². The van der Waals surface area contributed by atoms with Crippen molar-refractivity contribution in [1.82, 2.24) is 10.2 Å². The number of guanidine groups is 1. The van der Waals surface area contributed by atoms with Gasteiger partial charge in [0.15, 0.2) is 5.96 Å². The molecular weight excluding hydrogens is 472 g/mol. The van der Waals surface area contributed by atoms with Crippen LogP contribution in [0.4, 0.5) is 0 Å². The summed E-state index contributed by atoms with van der Waals surface area (Å²) in [6, 6.07) is 13.5. The molecule has 3 rings (SSSR count). The number of carbonyl (C=O) groups excluding carboxylic acids is 2. The fraction of sp³-hybridized carbons (Fsp3) is 0.464. The van der Waals surface area contributed by atoms with Crippen LogP contribution >= 0.6 is 0 Å². The van der Waals surface area contributed by atoms with Crippen LogP contribution in [0.3, 0.4) is 0 Å². The Kier molecular flexibility index (Phi) is 11.4. The Morgan fingerprint density at radius 2 is 1.86 bits per heavy atom. The molecule has 200 valence electrons. The first kappa shape index (κ1) is 28.1. The highest BCUT2D eigenvalue weighted by molar-refractivity contribution is 5.96. The molecule has 9 nitrogen and oxygen atoms in total. The fourth-order valence-corrected chi connectivity index (χ4v) is 3.94. The van der Waals surface area contributed by atoms with Gasteiger partial charge in [0.1, 0.15) is 5.75 Å². The highest BCUT2D eigenvalue weighted by Gasteiger charge is 2.19. The Morgan fingerprint density at radius 3 is 2.57 bits per heavy atom. The van der Waals surface area contributed by atoms with Crippen LogP contribution in [0, 0.1) is 0 Å². The van der Waals surface area contributed by atoms with Crippen molar-refractivity contribution < 1.29 is 23.8 Å². The molecule has 37 heavy (non-hydrogen) atoms. The van der Waals surface area contributed by atoms with Gasteiger partial charge in [0.25, 0.3) is 5.91 Å². The summed E-state index contributed by atoms with van der Waals surface area (Å²) in [4.78, 5) is 31.0. The minimum atomic E-state index is -0.176. The molecule has 1 aliphatic heterocycles. The van der Waals surface area contributed by atoms with Gasteiger partial charge in [-0.05, 0) is 42.2 Å². The summed E-state index contributed by atoms with van der Waals surface area (Å²) in [6.07, 6.45) is 2.44. The van der Waals surface area contributed by atoms with E-state index in [4.69, 9.17) is 19.9 Å². The van der Waals surface area contributed by atoms with Gasteiger partial charge >= 0.3 is 0 Å². The predicted molar refractivity (Wildman–Crippen MR) is 144 cm³/mol. The van der Waals surface area contributed by atoms with E-state index in [1.54, 1.807) is 7.11 Å². The number of methoxy groups -OCH3 is 1. The first-order valence-electron chi connectivity index (χ1n) is 12.8.